The van der Waals surface area contributed by atoms with Crippen molar-refractivity contribution in [3.8, 4) is 0 Å². The lowest BCUT2D eigenvalue weighted by Gasteiger charge is -2.20. The Bertz CT molecular complexity index is 620. The van der Waals surface area contributed by atoms with Crippen LogP contribution in [0.5, 0.6) is 0 Å². The first kappa shape index (κ1) is 13.1. The Morgan fingerprint density at radius 1 is 1.40 bits per heavy atom. The number of aryl methyl sites for hydroxylation is 1. The maximum absolute atomic E-state index is 12.5. The van der Waals surface area contributed by atoms with Crippen LogP contribution in [0.1, 0.15) is 34.9 Å². The van der Waals surface area contributed by atoms with E-state index in [1.165, 1.54) is 12.4 Å². The monoisotopic (exact) mass is 291 g/mol. The van der Waals surface area contributed by atoms with Crippen molar-refractivity contribution in [1.29, 1.82) is 0 Å². The molecule has 0 bridgehead atoms. The fourth-order valence-electron chi connectivity index (χ4n) is 2.06. The van der Waals surface area contributed by atoms with E-state index in [4.69, 9.17) is 16.0 Å². The Morgan fingerprint density at radius 3 is 2.75 bits per heavy atom. The minimum Gasteiger partial charge on any atom is -0.464 e. The van der Waals surface area contributed by atoms with Gasteiger partial charge in [-0.2, -0.15) is 0 Å². The fourth-order valence-corrected chi connectivity index (χ4v) is 2.16. The van der Waals surface area contributed by atoms with Crippen molar-refractivity contribution in [2.45, 2.75) is 32.4 Å². The molecule has 2 aromatic heterocycles. The van der Waals surface area contributed by atoms with Crippen LogP contribution in [0, 0.1) is 6.92 Å². The molecule has 2 heterocycles. The molecule has 1 aliphatic carbocycles. The summed E-state index contributed by atoms with van der Waals surface area (Å²) in [7, 11) is 0. The average Bonchev–Trinajstić information content (AvgIpc) is 3.19. The van der Waals surface area contributed by atoms with Crippen LogP contribution in [0.3, 0.4) is 0 Å². The van der Waals surface area contributed by atoms with E-state index < -0.39 is 0 Å². The second kappa shape index (κ2) is 5.25. The van der Waals surface area contributed by atoms with Crippen molar-refractivity contribution in [3.63, 3.8) is 0 Å². The number of rotatable bonds is 4. The lowest BCUT2D eigenvalue weighted by Crippen LogP contribution is -2.33. The molecule has 2 aromatic rings. The van der Waals surface area contributed by atoms with E-state index in [0.29, 0.717) is 12.2 Å². The molecule has 1 saturated carbocycles. The number of furan rings is 1. The smallest absolute Gasteiger partial charge is 0.274 e. The van der Waals surface area contributed by atoms with E-state index in [1.807, 2.05) is 19.1 Å². The van der Waals surface area contributed by atoms with Gasteiger partial charge in [-0.1, -0.05) is 11.6 Å². The van der Waals surface area contributed by atoms with Gasteiger partial charge in [-0.3, -0.25) is 4.79 Å². The summed E-state index contributed by atoms with van der Waals surface area (Å²) in [5.41, 5.74) is 0.310. The van der Waals surface area contributed by atoms with Gasteiger partial charge in [-0.15, -0.1) is 0 Å². The Hall–Kier alpha value is -1.88. The Balaban J connectivity index is 1.79. The van der Waals surface area contributed by atoms with Crippen molar-refractivity contribution in [1.82, 2.24) is 14.9 Å². The third kappa shape index (κ3) is 2.82. The van der Waals surface area contributed by atoms with E-state index in [0.717, 1.165) is 24.4 Å². The minimum atomic E-state index is -0.134. The SMILES string of the molecule is Cc1ccc(CN(C(=O)c2cnc(Cl)cn2)C2CC2)o1. The van der Waals surface area contributed by atoms with Crippen LogP contribution in [0.4, 0.5) is 0 Å². The third-order valence-electron chi connectivity index (χ3n) is 3.21. The third-order valence-corrected chi connectivity index (χ3v) is 3.41. The molecule has 0 aromatic carbocycles. The molecule has 0 saturated heterocycles. The normalized spacial score (nSPS) is 14.3. The summed E-state index contributed by atoms with van der Waals surface area (Å²) in [6.07, 6.45) is 4.84. The van der Waals surface area contributed by atoms with Gasteiger partial charge < -0.3 is 9.32 Å². The number of amides is 1. The van der Waals surface area contributed by atoms with Gasteiger partial charge in [-0.25, -0.2) is 9.97 Å². The molecule has 1 fully saturated rings. The van der Waals surface area contributed by atoms with E-state index in [2.05, 4.69) is 9.97 Å². The van der Waals surface area contributed by atoms with Gasteiger partial charge in [0, 0.05) is 6.04 Å². The summed E-state index contributed by atoms with van der Waals surface area (Å²) in [5, 5.41) is 0.279. The van der Waals surface area contributed by atoms with Crippen LogP contribution in [-0.2, 0) is 6.54 Å². The zero-order valence-corrected chi connectivity index (χ0v) is 11.8. The second-order valence-corrected chi connectivity index (χ2v) is 5.29. The molecule has 0 atom stereocenters. The van der Waals surface area contributed by atoms with E-state index in [-0.39, 0.29) is 17.1 Å². The van der Waals surface area contributed by atoms with Gasteiger partial charge >= 0.3 is 0 Å². The lowest BCUT2D eigenvalue weighted by atomic mass is 10.3. The maximum atomic E-state index is 12.5. The topological polar surface area (TPSA) is 59.2 Å². The average molecular weight is 292 g/mol. The van der Waals surface area contributed by atoms with Crippen LogP contribution in [0.25, 0.3) is 0 Å². The van der Waals surface area contributed by atoms with Crippen LogP contribution < -0.4 is 0 Å². The number of aromatic nitrogens is 2. The molecule has 0 spiro atoms. The first-order valence-electron chi connectivity index (χ1n) is 6.47. The molecule has 1 amide bonds. The van der Waals surface area contributed by atoms with Gasteiger partial charge in [-0.05, 0) is 31.9 Å². The van der Waals surface area contributed by atoms with Crippen LogP contribution in [0.2, 0.25) is 5.15 Å². The molecular formula is C14H14ClN3O2. The van der Waals surface area contributed by atoms with Crippen molar-refractivity contribution < 1.29 is 9.21 Å². The predicted octanol–water partition coefficient (Wildman–Crippen LogP) is 2.84. The first-order valence-corrected chi connectivity index (χ1v) is 6.85. The van der Waals surface area contributed by atoms with E-state index in [9.17, 15) is 4.79 Å². The molecule has 0 unspecified atom stereocenters. The predicted molar refractivity (Wildman–Crippen MR) is 73.4 cm³/mol. The molecule has 0 aliphatic heterocycles. The highest BCUT2D eigenvalue weighted by Crippen LogP contribution is 2.29. The van der Waals surface area contributed by atoms with Crippen molar-refractivity contribution in [2.75, 3.05) is 0 Å². The zero-order valence-electron chi connectivity index (χ0n) is 11.0. The van der Waals surface area contributed by atoms with Crippen molar-refractivity contribution in [2.24, 2.45) is 0 Å². The summed E-state index contributed by atoms with van der Waals surface area (Å²) >= 11 is 5.69. The maximum Gasteiger partial charge on any atom is 0.274 e. The summed E-state index contributed by atoms with van der Waals surface area (Å²) in [4.78, 5) is 22.2. The quantitative estimate of drug-likeness (QED) is 0.869. The van der Waals surface area contributed by atoms with Gasteiger partial charge in [0.15, 0.2) is 0 Å². The number of carbonyl (C=O) groups is 1. The molecule has 6 heteroatoms. The molecule has 1 aliphatic rings. The van der Waals surface area contributed by atoms with Crippen molar-refractivity contribution in [3.05, 3.63) is 46.9 Å². The van der Waals surface area contributed by atoms with E-state index in [1.54, 1.807) is 4.90 Å². The highest BCUT2D eigenvalue weighted by atomic mass is 35.5. The highest BCUT2D eigenvalue weighted by molar-refractivity contribution is 6.29. The molecule has 3 rings (SSSR count). The largest absolute Gasteiger partial charge is 0.464 e. The number of nitrogens with zero attached hydrogens (tertiary/aromatic N) is 3. The molecule has 20 heavy (non-hydrogen) atoms. The molecule has 104 valence electrons. The van der Waals surface area contributed by atoms with Gasteiger partial charge in [0.2, 0.25) is 0 Å². The number of hydrogen-bond donors (Lipinski definition) is 0. The summed E-state index contributed by atoms with van der Waals surface area (Å²) < 4.78 is 5.55. The summed E-state index contributed by atoms with van der Waals surface area (Å²) in [6, 6.07) is 4.06. The molecule has 0 radical (unpaired) electrons. The molecular weight excluding hydrogens is 278 g/mol. The first-order chi connectivity index (χ1) is 9.63. The van der Waals surface area contributed by atoms with Crippen LogP contribution in [-0.4, -0.2) is 26.8 Å². The lowest BCUT2D eigenvalue weighted by molar-refractivity contribution is 0.0710. The Kier molecular flexibility index (Phi) is 3.44. The Labute approximate surface area is 121 Å². The van der Waals surface area contributed by atoms with Gasteiger partial charge in [0.25, 0.3) is 5.91 Å². The second-order valence-electron chi connectivity index (χ2n) is 4.90. The molecule has 0 N–H and O–H groups in total. The fraction of sp³-hybridized carbons (Fsp3) is 0.357. The van der Waals surface area contributed by atoms with Crippen LogP contribution >= 0.6 is 11.6 Å². The zero-order chi connectivity index (χ0) is 14.1. The standard InChI is InChI=1S/C14H14ClN3O2/c1-9-2-5-11(20-9)8-18(10-3-4-10)14(19)12-6-17-13(15)7-16-12/h2,5-7,10H,3-4,8H2,1H3. The van der Waals surface area contributed by atoms with Gasteiger partial charge in [0.05, 0.1) is 18.9 Å². The van der Waals surface area contributed by atoms with Gasteiger partial charge in [0.1, 0.15) is 22.4 Å². The Morgan fingerprint density at radius 2 is 2.20 bits per heavy atom. The van der Waals surface area contributed by atoms with Crippen LogP contribution in [0.15, 0.2) is 28.9 Å². The minimum absolute atomic E-state index is 0.134. The summed E-state index contributed by atoms with van der Waals surface area (Å²) in [5.74, 6) is 1.49. The molecule has 5 nitrogen and oxygen atoms in total. The highest BCUT2D eigenvalue weighted by Gasteiger charge is 2.34. The number of carbonyl (C=O) groups excluding carboxylic acids is 1. The number of hydrogen-bond acceptors (Lipinski definition) is 4. The van der Waals surface area contributed by atoms with Crippen molar-refractivity contribution >= 4 is 17.5 Å². The van der Waals surface area contributed by atoms with E-state index >= 15 is 0 Å². The number of halogens is 1. The summed E-state index contributed by atoms with van der Waals surface area (Å²) in [6.45, 7) is 2.35.